The zero-order chi connectivity index (χ0) is 17.0. The smallest absolute Gasteiger partial charge is 0.253 e. The molecule has 0 spiro atoms. The van der Waals surface area contributed by atoms with E-state index in [9.17, 15) is 9.18 Å². The van der Waals surface area contributed by atoms with Gasteiger partial charge >= 0.3 is 0 Å². The Labute approximate surface area is 144 Å². The highest BCUT2D eigenvalue weighted by atomic mass is 79.9. The van der Waals surface area contributed by atoms with Crippen molar-refractivity contribution in [2.45, 2.75) is 19.9 Å². The van der Waals surface area contributed by atoms with E-state index in [4.69, 9.17) is 10.5 Å². The first kappa shape index (κ1) is 18.2. The largest absolute Gasteiger partial charge is 0.383 e. The number of carbonyl (C=O) groups is 1. The number of primary amides is 1. The van der Waals surface area contributed by atoms with Crippen LogP contribution in [0.2, 0.25) is 0 Å². The van der Waals surface area contributed by atoms with Crippen LogP contribution in [-0.4, -0.2) is 49.7 Å². The summed E-state index contributed by atoms with van der Waals surface area (Å²) in [4.78, 5) is 13.9. The number of hydrogen-bond donors (Lipinski definition) is 2. The summed E-state index contributed by atoms with van der Waals surface area (Å²) in [5.41, 5.74) is 5.63. The van der Waals surface area contributed by atoms with Crippen LogP contribution in [0, 0.1) is 11.7 Å². The molecular formula is C16H23BrFN3O2. The number of benzene rings is 1. The highest BCUT2D eigenvalue weighted by Gasteiger charge is 2.24. The molecule has 1 aliphatic heterocycles. The van der Waals surface area contributed by atoms with Crippen molar-refractivity contribution in [1.82, 2.24) is 4.90 Å². The molecule has 0 radical (unpaired) electrons. The summed E-state index contributed by atoms with van der Waals surface area (Å²) < 4.78 is 20.0. The fraction of sp³-hybridized carbons (Fsp3) is 0.562. The van der Waals surface area contributed by atoms with E-state index in [2.05, 4.69) is 40.0 Å². The van der Waals surface area contributed by atoms with Crippen molar-refractivity contribution in [2.75, 3.05) is 38.2 Å². The molecule has 1 saturated heterocycles. The summed E-state index contributed by atoms with van der Waals surface area (Å²) in [6.45, 7) is 8.10. The average Bonchev–Trinajstić information content (AvgIpc) is 2.47. The number of ether oxygens (including phenoxy) is 1. The molecule has 0 saturated carbocycles. The van der Waals surface area contributed by atoms with E-state index in [1.165, 1.54) is 6.07 Å². The number of halogens is 2. The Bertz CT molecular complexity index is 563. The van der Waals surface area contributed by atoms with Gasteiger partial charge in [0, 0.05) is 30.1 Å². The third-order valence-corrected chi connectivity index (χ3v) is 4.55. The van der Waals surface area contributed by atoms with Gasteiger partial charge in [0.25, 0.3) is 5.91 Å². The molecule has 1 aromatic rings. The van der Waals surface area contributed by atoms with E-state index in [0.717, 1.165) is 26.3 Å². The topological polar surface area (TPSA) is 67.6 Å². The molecule has 1 amide bonds. The normalized spacial score (nSPS) is 17.3. The van der Waals surface area contributed by atoms with Crippen molar-refractivity contribution in [2.24, 2.45) is 11.7 Å². The summed E-state index contributed by atoms with van der Waals surface area (Å²) in [7, 11) is 0. The summed E-state index contributed by atoms with van der Waals surface area (Å²) in [5.74, 6) is -0.985. The Morgan fingerprint density at radius 2 is 2.09 bits per heavy atom. The average molecular weight is 388 g/mol. The van der Waals surface area contributed by atoms with E-state index in [1.807, 2.05) is 0 Å². The van der Waals surface area contributed by atoms with Gasteiger partial charge in [-0.3, -0.25) is 9.69 Å². The van der Waals surface area contributed by atoms with Crippen molar-refractivity contribution in [1.29, 1.82) is 0 Å². The van der Waals surface area contributed by atoms with Crippen molar-refractivity contribution in [3.8, 4) is 0 Å². The number of anilines is 1. The Balaban J connectivity index is 2.15. The van der Waals surface area contributed by atoms with Gasteiger partial charge in [-0.25, -0.2) is 4.39 Å². The molecule has 0 bridgehead atoms. The molecule has 7 heteroatoms. The number of amides is 1. The van der Waals surface area contributed by atoms with Gasteiger partial charge in [0.15, 0.2) is 0 Å². The van der Waals surface area contributed by atoms with Gasteiger partial charge in [-0.1, -0.05) is 29.8 Å². The minimum absolute atomic E-state index is 0.0994. The van der Waals surface area contributed by atoms with Crippen LogP contribution in [0.1, 0.15) is 24.2 Å². The van der Waals surface area contributed by atoms with E-state index in [-0.39, 0.29) is 11.6 Å². The Kier molecular flexibility index (Phi) is 6.38. The number of nitrogens with one attached hydrogen (secondary N) is 1. The second-order valence-corrected chi connectivity index (χ2v) is 6.93. The predicted molar refractivity (Wildman–Crippen MR) is 92.1 cm³/mol. The lowest BCUT2D eigenvalue weighted by atomic mass is 10.0. The lowest BCUT2D eigenvalue weighted by Gasteiger charge is -2.37. The maximum absolute atomic E-state index is 14.0. The van der Waals surface area contributed by atoms with Crippen molar-refractivity contribution < 1.29 is 13.9 Å². The molecule has 1 atom stereocenters. The molecular weight excluding hydrogens is 365 g/mol. The van der Waals surface area contributed by atoms with Gasteiger partial charge in [0.05, 0.1) is 24.5 Å². The molecule has 1 unspecified atom stereocenters. The molecule has 2 rings (SSSR count). The highest BCUT2D eigenvalue weighted by Crippen LogP contribution is 2.25. The number of carbonyl (C=O) groups excluding carboxylic acids is 1. The fourth-order valence-electron chi connectivity index (χ4n) is 2.87. The van der Waals surface area contributed by atoms with E-state index >= 15 is 0 Å². The predicted octanol–water partition coefficient (Wildman–Crippen LogP) is 2.46. The van der Waals surface area contributed by atoms with Crippen LogP contribution in [-0.2, 0) is 4.74 Å². The molecule has 3 N–H and O–H groups in total. The lowest BCUT2D eigenvalue weighted by molar-refractivity contribution is 0.00954. The van der Waals surface area contributed by atoms with Gasteiger partial charge < -0.3 is 15.8 Å². The van der Waals surface area contributed by atoms with Crippen LogP contribution in [0.5, 0.6) is 0 Å². The van der Waals surface area contributed by atoms with Crippen LogP contribution < -0.4 is 11.1 Å². The van der Waals surface area contributed by atoms with Crippen LogP contribution in [0.25, 0.3) is 0 Å². The molecule has 0 aliphatic carbocycles. The van der Waals surface area contributed by atoms with E-state index in [0.29, 0.717) is 22.6 Å². The third kappa shape index (κ3) is 4.65. The first-order valence-corrected chi connectivity index (χ1v) is 8.54. The number of hydrogen-bond acceptors (Lipinski definition) is 4. The number of nitrogens with zero attached hydrogens (tertiary/aromatic N) is 1. The van der Waals surface area contributed by atoms with Gasteiger partial charge in [0.2, 0.25) is 0 Å². The van der Waals surface area contributed by atoms with Crippen LogP contribution >= 0.6 is 15.9 Å². The molecule has 23 heavy (non-hydrogen) atoms. The highest BCUT2D eigenvalue weighted by molar-refractivity contribution is 9.10. The van der Waals surface area contributed by atoms with Gasteiger partial charge in [-0.15, -0.1) is 0 Å². The second kappa shape index (κ2) is 8.08. The van der Waals surface area contributed by atoms with Crippen molar-refractivity contribution in [3.05, 3.63) is 28.0 Å². The molecule has 5 nitrogen and oxygen atoms in total. The van der Waals surface area contributed by atoms with E-state index in [1.54, 1.807) is 6.07 Å². The minimum Gasteiger partial charge on any atom is -0.383 e. The van der Waals surface area contributed by atoms with Gasteiger partial charge in [-0.05, 0) is 18.1 Å². The molecule has 128 valence electrons. The molecule has 1 fully saturated rings. The monoisotopic (exact) mass is 387 g/mol. The Hall–Kier alpha value is -1.18. The first-order valence-electron chi connectivity index (χ1n) is 7.74. The first-order chi connectivity index (χ1) is 10.9. The standard InChI is InChI=1S/C16H23BrFN3O2/c1-10(2)14(21-3-5-23-6-4-21)9-20-13-8-11(17)7-12(18)15(13)16(19)22/h7-8,10,14,20H,3-6,9H2,1-2H3,(H2,19,22). The third-order valence-electron chi connectivity index (χ3n) is 4.09. The number of morpholine rings is 1. The Morgan fingerprint density at radius 3 is 2.65 bits per heavy atom. The number of rotatable bonds is 6. The molecule has 1 aliphatic rings. The van der Waals surface area contributed by atoms with Crippen LogP contribution in [0.4, 0.5) is 10.1 Å². The quantitative estimate of drug-likeness (QED) is 0.786. The lowest BCUT2D eigenvalue weighted by Crippen LogP contribution is -2.49. The van der Waals surface area contributed by atoms with Crippen LogP contribution in [0.3, 0.4) is 0 Å². The zero-order valence-electron chi connectivity index (χ0n) is 13.4. The number of nitrogens with two attached hydrogens (primary N) is 1. The molecule has 1 aromatic carbocycles. The van der Waals surface area contributed by atoms with E-state index < -0.39 is 11.7 Å². The molecule has 0 aromatic heterocycles. The fourth-order valence-corrected chi connectivity index (χ4v) is 3.30. The zero-order valence-corrected chi connectivity index (χ0v) is 15.0. The summed E-state index contributed by atoms with van der Waals surface area (Å²) in [6, 6.07) is 3.19. The Morgan fingerprint density at radius 1 is 1.43 bits per heavy atom. The minimum atomic E-state index is -0.773. The van der Waals surface area contributed by atoms with Gasteiger partial charge in [-0.2, -0.15) is 0 Å². The van der Waals surface area contributed by atoms with Crippen molar-refractivity contribution in [3.63, 3.8) is 0 Å². The maximum Gasteiger partial charge on any atom is 0.253 e. The SMILES string of the molecule is CC(C)C(CNc1cc(Br)cc(F)c1C(N)=O)N1CCOCC1. The van der Waals surface area contributed by atoms with Crippen LogP contribution in [0.15, 0.2) is 16.6 Å². The second-order valence-electron chi connectivity index (χ2n) is 6.02. The summed E-state index contributed by atoms with van der Waals surface area (Å²) in [6.07, 6.45) is 0. The van der Waals surface area contributed by atoms with Gasteiger partial charge in [0.1, 0.15) is 5.82 Å². The summed E-state index contributed by atoms with van der Waals surface area (Å²) in [5, 5.41) is 3.20. The maximum atomic E-state index is 14.0. The summed E-state index contributed by atoms with van der Waals surface area (Å²) >= 11 is 3.25. The van der Waals surface area contributed by atoms with Crippen molar-refractivity contribution >= 4 is 27.5 Å². The molecule has 1 heterocycles.